The molecular weight excluding hydrogens is 245 g/mol. The quantitative estimate of drug-likeness (QED) is 0.896. The first-order valence-electron chi connectivity index (χ1n) is 6.10. The van der Waals surface area contributed by atoms with Gasteiger partial charge in [-0.1, -0.05) is 12.1 Å². The summed E-state index contributed by atoms with van der Waals surface area (Å²) in [6.45, 7) is 0.645. The summed E-state index contributed by atoms with van der Waals surface area (Å²) in [5, 5.41) is 3.24. The molecule has 4 heteroatoms. The molecule has 3 rings (SSSR count). The van der Waals surface area contributed by atoms with Crippen LogP contribution in [0.3, 0.4) is 0 Å². The molecule has 1 N–H and O–H groups in total. The summed E-state index contributed by atoms with van der Waals surface area (Å²) >= 11 is 0. The van der Waals surface area contributed by atoms with E-state index < -0.39 is 0 Å². The third-order valence-corrected chi connectivity index (χ3v) is 3.16. The van der Waals surface area contributed by atoms with Crippen molar-refractivity contribution in [2.75, 3.05) is 19.0 Å². The predicted molar refractivity (Wildman–Crippen MR) is 71.3 cm³/mol. The lowest BCUT2D eigenvalue weighted by Gasteiger charge is -2.27. The number of halogens is 1. The molecule has 3 nitrogen and oxygen atoms in total. The highest BCUT2D eigenvalue weighted by atomic mass is 19.1. The molecule has 0 saturated heterocycles. The number of fused-ring (bicyclic) bond motifs is 1. The normalized spacial score (nSPS) is 17.1. The van der Waals surface area contributed by atoms with Gasteiger partial charge in [0.15, 0.2) is 0 Å². The van der Waals surface area contributed by atoms with Crippen molar-refractivity contribution in [2.24, 2.45) is 0 Å². The van der Waals surface area contributed by atoms with Gasteiger partial charge < -0.3 is 14.8 Å². The molecule has 1 heterocycles. The van der Waals surface area contributed by atoms with Gasteiger partial charge >= 0.3 is 0 Å². The van der Waals surface area contributed by atoms with E-state index in [-0.39, 0.29) is 11.9 Å². The van der Waals surface area contributed by atoms with Crippen molar-refractivity contribution in [2.45, 2.75) is 6.10 Å². The second kappa shape index (κ2) is 4.80. The number of nitrogens with one attached hydrogen (secondary N) is 1. The van der Waals surface area contributed by atoms with Crippen LogP contribution in [0.4, 0.5) is 10.1 Å². The van der Waals surface area contributed by atoms with Crippen LogP contribution in [0, 0.1) is 5.82 Å². The Balaban J connectivity index is 1.88. The zero-order valence-electron chi connectivity index (χ0n) is 10.5. The number of benzene rings is 2. The molecule has 0 aromatic heterocycles. The summed E-state index contributed by atoms with van der Waals surface area (Å²) in [4.78, 5) is 0. The Morgan fingerprint density at radius 1 is 1.26 bits per heavy atom. The van der Waals surface area contributed by atoms with Gasteiger partial charge in [-0.25, -0.2) is 4.39 Å². The van der Waals surface area contributed by atoms with Gasteiger partial charge in [-0.15, -0.1) is 0 Å². The van der Waals surface area contributed by atoms with Gasteiger partial charge in [-0.2, -0.15) is 0 Å². The van der Waals surface area contributed by atoms with Gasteiger partial charge in [0.1, 0.15) is 23.4 Å². The predicted octanol–water partition coefficient (Wildman–Crippen LogP) is 3.38. The molecule has 0 amide bonds. The molecule has 2 aromatic rings. The molecule has 0 fully saturated rings. The molecule has 0 radical (unpaired) electrons. The fraction of sp³-hybridized carbons (Fsp3) is 0.200. The molecule has 1 unspecified atom stereocenters. The first-order valence-corrected chi connectivity index (χ1v) is 6.10. The van der Waals surface area contributed by atoms with Crippen LogP contribution in [0.1, 0.15) is 11.7 Å². The van der Waals surface area contributed by atoms with Crippen LogP contribution in [0.15, 0.2) is 42.5 Å². The Hall–Kier alpha value is -2.23. The lowest BCUT2D eigenvalue weighted by Crippen LogP contribution is -2.23. The largest absolute Gasteiger partial charge is 0.497 e. The number of rotatable bonds is 2. The Morgan fingerprint density at radius 2 is 2.16 bits per heavy atom. The summed E-state index contributed by atoms with van der Waals surface area (Å²) in [5.41, 5.74) is 1.82. The van der Waals surface area contributed by atoms with E-state index in [1.807, 2.05) is 24.3 Å². The Kier molecular flexibility index (Phi) is 2.99. The molecule has 19 heavy (non-hydrogen) atoms. The standard InChI is InChI=1S/C15H14FNO2/c1-18-12-4-2-3-10(7-12)15-9-17-13-6-5-11(16)8-14(13)19-15/h2-8,15,17H,9H2,1H3. The minimum absolute atomic E-state index is 0.149. The molecule has 0 spiro atoms. The fourth-order valence-electron chi connectivity index (χ4n) is 2.16. The van der Waals surface area contributed by atoms with E-state index in [1.54, 1.807) is 13.2 Å². The van der Waals surface area contributed by atoms with Crippen LogP contribution in [0.25, 0.3) is 0 Å². The highest BCUT2D eigenvalue weighted by Crippen LogP contribution is 2.35. The molecule has 0 saturated carbocycles. The highest BCUT2D eigenvalue weighted by Gasteiger charge is 2.21. The van der Waals surface area contributed by atoms with Crippen LogP contribution in [0.5, 0.6) is 11.5 Å². The van der Waals surface area contributed by atoms with Crippen molar-refractivity contribution in [1.29, 1.82) is 0 Å². The van der Waals surface area contributed by atoms with Crippen molar-refractivity contribution < 1.29 is 13.9 Å². The van der Waals surface area contributed by atoms with Gasteiger partial charge in [0.25, 0.3) is 0 Å². The second-order valence-electron chi connectivity index (χ2n) is 4.40. The fourth-order valence-corrected chi connectivity index (χ4v) is 2.16. The topological polar surface area (TPSA) is 30.5 Å². The molecule has 2 aromatic carbocycles. The molecule has 0 bridgehead atoms. The van der Waals surface area contributed by atoms with Crippen molar-refractivity contribution >= 4 is 5.69 Å². The maximum atomic E-state index is 13.2. The highest BCUT2D eigenvalue weighted by molar-refractivity contribution is 5.58. The average Bonchev–Trinajstić information content (AvgIpc) is 2.46. The zero-order chi connectivity index (χ0) is 13.2. The Bertz CT molecular complexity index is 600. The van der Waals surface area contributed by atoms with Gasteiger partial charge in [0, 0.05) is 6.07 Å². The first kappa shape index (κ1) is 11.8. The summed E-state index contributed by atoms with van der Waals surface area (Å²) in [7, 11) is 1.63. The maximum absolute atomic E-state index is 13.2. The molecule has 1 aliphatic rings. The summed E-state index contributed by atoms with van der Waals surface area (Å²) < 4.78 is 24.3. The zero-order valence-corrected chi connectivity index (χ0v) is 10.5. The third-order valence-electron chi connectivity index (χ3n) is 3.16. The number of methoxy groups -OCH3 is 1. The molecular formula is C15H14FNO2. The smallest absolute Gasteiger partial charge is 0.146 e. The molecule has 98 valence electrons. The van der Waals surface area contributed by atoms with Crippen molar-refractivity contribution in [3.05, 3.63) is 53.8 Å². The monoisotopic (exact) mass is 259 g/mol. The second-order valence-corrected chi connectivity index (χ2v) is 4.40. The van der Waals surface area contributed by atoms with Crippen LogP contribution >= 0.6 is 0 Å². The van der Waals surface area contributed by atoms with E-state index in [2.05, 4.69) is 5.32 Å². The number of hydrogen-bond donors (Lipinski definition) is 1. The van der Waals surface area contributed by atoms with Gasteiger partial charge in [0.05, 0.1) is 19.3 Å². The van der Waals surface area contributed by atoms with Crippen LogP contribution in [-0.2, 0) is 0 Å². The minimum atomic E-state index is -0.299. The molecule has 0 aliphatic carbocycles. The van der Waals surface area contributed by atoms with E-state index >= 15 is 0 Å². The van der Waals surface area contributed by atoms with E-state index in [1.165, 1.54) is 12.1 Å². The van der Waals surface area contributed by atoms with E-state index in [0.717, 1.165) is 17.0 Å². The van der Waals surface area contributed by atoms with E-state index in [4.69, 9.17) is 9.47 Å². The van der Waals surface area contributed by atoms with Crippen molar-refractivity contribution in [3.8, 4) is 11.5 Å². The van der Waals surface area contributed by atoms with E-state index in [9.17, 15) is 4.39 Å². The minimum Gasteiger partial charge on any atom is -0.497 e. The van der Waals surface area contributed by atoms with Crippen LogP contribution in [0.2, 0.25) is 0 Å². The lowest BCUT2D eigenvalue weighted by molar-refractivity contribution is 0.209. The molecule has 1 atom stereocenters. The SMILES string of the molecule is COc1cccc(C2CNc3ccc(F)cc3O2)c1. The lowest BCUT2D eigenvalue weighted by atomic mass is 10.1. The molecule has 1 aliphatic heterocycles. The number of hydrogen-bond acceptors (Lipinski definition) is 3. The van der Waals surface area contributed by atoms with Gasteiger partial charge in [-0.05, 0) is 29.8 Å². The maximum Gasteiger partial charge on any atom is 0.146 e. The van der Waals surface area contributed by atoms with Crippen molar-refractivity contribution in [1.82, 2.24) is 0 Å². The number of anilines is 1. The number of ether oxygens (including phenoxy) is 2. The van der Waals surface area contributed by atoms with Crippen LogP contribution < -0.4 is 14.8 Å². The Labute approximate surface area is 111 Å². The average molecular weight is 259 g/mol. The first-order chi connectivity index (χ1) is 9.26. The summed E-state index contributed by atoms with van der Waals surface area (Å²) in [6.07, 6.45) is -0.149. The Morgan fingerprint density at radius 3 is 3.00 bits per heavy atom. The summed E-state index contributed by atoms with van der Waals surface area (Å²) in [5.74, 6) is 1.03. The van der Waals surface area contributed by atoms with Crippen molar-refractivity contribution in [3.63, 3.8) is 0 Å². The summed E-state index contributed by atoms with van der Waals surface area (Å²) in [6, 6.07) is 12.2. The van der Waals surface area contributed by atoms with Crippen LogP contribution in [-0.4, -0.2) is 13.7 Å². The third kappa shape index (κ3) is 2.34. The van der Waals surface area contributed by atoms with E-state index in [0.29, 0.717) is 12.3 Å². The van der Waals surface area contributed by atoms with Gasteiger partial charge in [-0.3, -0.25) is 0 Å². The van der Waals surface area contributed by atoms with Gasteiger partial charge in [0.2, 0.25) is 0 Å².